The minimum absolute atomic E-state index is 0.0990. The Morgan fingerprint density at radius 2 is 1.85 bits per heavy atom. The summed E-state index contributed by atoms with van der Waals surface area (Å²) < 4.78 is 5.61. The van der Waals surface area contributed by atoms with Crippen LogP contribution in [0.3, 0.4) is 0 Å². The van der Waals surface area contributed by atoms with Crippen molar-refractivity contribution in [1.82, 2.24) is 0 Å². The van der Waals surface area contributed by atoms with E-state index in [0.717, 1.165) is 11.1 Å². The molecule has 0 unspecified atom stereocenters. The quantitative estimate of drug-likeness (QED) is 0.843. The summed E-state index contributed by atoms with van der Waals surface area (Å²) in [4.78, 5) is 0. The Bertz CT molecular complexity index is 321. The van der Waals surface area contributed by atoms with Gasteiger partial charge in [-0.2, -0.15) is 0 Å². The van der Waals surface area contributed by atoms with Gasteiger partial charge < -0.3 is 9.84 Å². The third kappa shape index (κ3) is 1.63. The second-order valence-corrected chi connectivity index (χ2v) is 3.93. The van der Waals surface area contributed by atoms with Gasteiger partial charge in [-0.3, -0.25) is 0 Å². The van der Waals surface area contributed by atoms with E-state index in [2.05, 4.69) is 15.9 Å². The van der Waals surface area contributed by atoms with E-state index in [1.54, 1.807) is 6.92 Å². The van der Waals surface area contributed by atoms with Gasteiger partial charge in [0.2, 0.25) is 0 Å². The summed E-state index contributed by atoms with van der Waals surface area (Å²) in [5.41, 5.74) is 1.57. The van der Waals surface area contributed by atoms with Crippen molar-refractivity contribution in [3.05, 3.63) is 20.6 Å². The number of phenols is 1. The molecule has 0 saturated heterocycles. The van der Waals surface area contributed by atoms with Gasteiger partial charge in [-0.1, -0.05) is 11.6 Å². The van der Waals surface area contributed by atoms with Crippen LogP contribution in [0.4, 0.5) is 0 Å². The molecule has 0 bridgehead atoms. The zero-order chi connectivity index (χ0) is 10.2. The maximum absolute atomic E-state index is 9.65. The lowest BCUT2D eigenvalue weighted by atomic mass is 10.1. The lowest BCUT2D eigenvalue weighted by Gasteiger charge is -2.13. The van der Waals surface area contributed by atoms with E-state index >= 15 is 0 Å². The third-order valence-electron chi connectivity index (χ3n) is 1.96. The SMILES string of the molecule is COc1c(C)c(Cl)c(C)c(Br)c1O. The van der Waals surface area contributed by atoms with E-state index in [0.29, 0.717) is 15.2 Å². The number of methoxy groups -OCH3 is 1. The van der Waals surface area contributed by atoms with Crippen LogP contribution in [-0.2, 0) is 0 Å². The Morgan fingerprint density at radius 1 is 1.31 bits per heavy atom. The average molecular weight is 266 g/mol. The molecule has 1 N–H and O–H groups in total. The number of halogens is 2. The first-order valence-electron chi connectivity index (χ1n) is 3.71. The first-order chi connectivity index (χ1) is 6.00. The summed E-state index contributed by atoms with van der Waals surface area (Å²) in [6.45, 7) is 3.64. The van der Waals surface area contributed by atoms with Crippen molar-refractivity contribution in [2.75, 3.05) is 7.11 Å². The molecule has 2 nitrogen and oxygen atoms in total. The fourth-order valence-corrected chi connectivity index (χ4v) is 1.85. The summed E-state index contributed by atoms with van der Waals surface area (Å²) in [7, 11) is 1.50. The number of hydrogen-bond donors (Lipinski definition) is 1. The Kier molecular flexibility index (Phi) is 3.09. The largest absolute Gasteiger partial charge is 0.503 e. The lowest BCUT2D eigenvalue weighted by molar-refractivity contribution is 0.369. The Labute approximate surface area is 90.6 Å². The molecule has 0 amide bonds. The van der Waals surface area contributed by atoms with Crippen LogP contribution in [0.1, 0.15) is 11.1 Å². The van der Waals surface area contributed by atoms with E-state index in [9.17, 15) is 5.11 Å². The molecule has 13 heavy (non-hydrogen) atoms. The lowest BCUT2D eigenvalue weighted by Crippen LogP contribution is -1.92. The van der Waals surface area contributed by atoms with Crippen LogP contribution in [0.2, 0.25) is 5.02 Å². The monoisotopic (exact) mass is 264 g/mol. The molecule has 0 aromatic heterocycles. The highest BCUT2D eigenvalue weighted by Crippen LogP contribution is 2.43. The number of ether oxygens (including phenoxy) is 1. The van der Waals surface area contributed by atoms with Gasteiger partial charge in [-0.15, -0.1) is 0 Å². The molecule has 0 aliphatic heterocycles. The fourth-order valence-electron chi connectivity index (χ4n) is 1.18. The first-order valence-corrected chi connectivity index (χ1v) is 4.88. The average Bonchev–Trinajstić information content (AvgIpc) is 2.13. The number of hydrogen-bond acceptors (Lipinski definition) is 2. The van der Waals surface area contributed by atoms with Crippen molar-refractivity contribution < 1.29 is 9.84 Å². The van der Waals surface area contributed by atoms with E-state index < -0.39 is 0 Å². The topological polar surface area (TPSA) is 29.5 Å². The van der Waals surface area contributed by atoms with Crippen molar-refractivity contribution in [1.29, 1.82) is 0 Å². The molecule has 0 atom stereocenters. The van der Waals surface area contributed by atoms with Crippen LogP contribution >= 0.6 is 27.5 Å². The van der Waals surface area contributed by atoms with E-state index in [4.69, 9.17) is 16.3 Å². The Morgan fingerprint density at radius 3 is 2.31 bits per heavy atom. The molecule has 0 fully saturated rings. The molecule has 0 aliphatic carbocycles. The minimum Gasteiger partial charge on any atom is -0.503 e. The summed E-state index contributed by atoms with van der Waals surface area (Å²) >= 11 is 9.26. The molecule has 1 aromatic rings. The standard InChI is InChI=1S/C9H10BrClO2/c1-4-6(10)8(12)9(13-3)5(2)7(4)11/h12H,1-3H3. The second kappa shape index (κ2) is 3.76. The highest BCUT2D eigenvalue weighted by molar-refractivity contribution is 9.10. The molecule has 0 heterocycles. The number of aromatic hydroxyl groups is 1. The first kappa shape index (κ1) is 10.7. The Hall–Kier alpha value is -0.410. The van der Waals surface area contributed by atoms with E-state index in [-0.39, 0.29) is 5.75 Å². The van der Waals surface area contributed by atoms with E-state index in [1.165, 1.54) is 7.11 Å². The second-order valence-electron chi connectivity index (χ2n) is 2.76. The summed E-state index contributed by atoms with van der Waals surface area (Å²) in [6.07, 6.45) is 0. The van der Waals surface area contributed by atoms with Gasteiger partial charge >= 0.3 is 0 Å². The van der Waals surface area contributed by atoms with Gasteiger partial charge in [0.1, 0.15) is 0 Å². The molecule has 0 saturated carbocycles. The maximum atomic E-state index is 9.65. The maximum Gasteiger partial charge on any atom is 0.172 e. The predicted molar refractivity (Wildman–Crippen MR) is 56.8 cm³/mol. The molecular weight excluding hydrogens is 255 g/mol. The number of benzene rings is 1. The highest BCUT2D eigenvalue weighted by atomic mass is 79.9. The molecule has 0 aliphatic rings. The van der Waals surface area contributed by atoms with Crippen LogP contribution in [0.15, 0.2) is 4.47 Å². The Balaban J connectivity index is 3.56. The van der Waals surface area contributed by atoms with Crippen LogP contribution in [0.25, 0.3) is 0 Å². The van der Waals surface area contributed by atoms with Crippen molar-refractivity contribution in [3.8, 4) is 11.5 Å². The third-order valence-corrected chi connectivity index (χ3v) is 3.49. The summed E-state index contributed by atoms with van der Waals surface area (Å²) in [5, 5.41) is 10.3. The molecule has 72 valence electrons. The molecule has 0 radical (unpaired) electrons. The van der Waals surface area contributed by atoms with Crippen LogP contribution in [-0.4, -0.2) is 12.2 Å². The van der Waals surface area contributed by atoms with Crippen molar-refractivity contribution >= 4 is 27.5 Å². The normalized spacial score (nSPS) is 10.2. The van der Waals surface area contributed by atoms with Gasteiger partial charge in [-0.05, 0) is 35.3 Å². The van der Waals surface area contributed by atoms with Gasteiger partial charge in [-0.25, -0.2) is 0 Å². The number of phenolic OH excluding ortho intramolecular Hbond substituents is 1. The van der Waals surface area contributed by atoms with Crippen molar-refractivity contribution in [2.24, 2.45) is 0 Å². The van der Waals surface area contributed by atoms with Crippen LogP contribution in [0.5, 0.6) is 11.5 Å². The molecule has 0 spiro atoms. The van der Waals surface area contributed by atoms with Crippen molar-refractivity contribution in [2.45, 2.75) is 13.8 Å². The van der Waals surface area contributed by atoms with Gasteiger partial charge in [0.15, 0.2) is 11.5 Å². The number of rotatable bonds is 1. The highest BCUT2D eigenvalue weighted by Gasteiger charge is 2.16. The van der Waals surface area contributed by atoms with Crippen LogP contribution in [0, 0.1) is 13.8 Å². The van der Waals surface area contributed by atoms with Gasteiger partial charge in [0, 0.05) is 5.56 Å². The summed E-state index contributed by atoms with van der Waals surface area (Å²) in [5.74, 6) is 0.518. The van der Waals surface area contributed by atoms with Gasteiger partial charge in [0.25, 0.3) is 0 Å². The molecule has 1 aromatic carbocycles. The van der Waals surface area contributed by atoms with Crippen molar-refractivity contribution in [3.63, 3.8) is 0 Å². The minimum atomic E-state index is 0.0990. The van der Waals surface area contributed by atoms with Gasteiger partial charge in [0.05, 0.1) is 16.6 Å². The molecular formula is C9H10BrClO2. The predicted octanol–water partition coefficient (Wildman–Crippen LogP) is 3.43. The summed E-state index contributed by atoms with van der Waals surface area (Å²) in [6, 6.07) is 0. The zero-order valence-corrected chi connectivity index (χ0v) is 9.95. The van der Waals surface area contributed by atoms with E-state index in [1.807, 2.05) is 6.92 Å². The zero-order valence-electron chi connectivity index (χ0n) is 7.61. The molecule has 4 heteroatoms. The smallest absolute Gasteiger partial charge is 0.172 e. The van der Waals surface area contributed by atoms with Crippen LogP contribution < -0.4 is 4.74 Å². The molecule has 1 rings (SSSR count). The fraction of sp³-hybridized carbons (Fsp3) is 0.333.